The van der Waals surface area contributed by atoms with Crippen molar-refractivity contribution >= 4 is 29.2 Å². The number of aldehydes is 1. The first-order valence-electron chi connectivity index (χ1n) is 4.70. The van der Waals surface area contributed by atoms with Crippen LogP contribution in [-0.2, 0) is 6.61 Å². The molecule has 0 radical (unpaired) electrons. The Labute approximate surface area is 102 Å². The summed E-state index contributed by atoms with van der Waals surface area (Å²) < 4.78 is 6.29. The van der Waals surface area contributed by atoms with Gasteiger partial charge in [-0.3, -0.25) is 4.79 Å². The monoisotopic (exact) mass is 252 g/mol. The van der Waals surface area contributed by atoms with Crippen molar-refractivity contribution in [1.82, 2.24) is 0 Å². The molecule has 2 rings (SSSR count). The maximum absolute atomic E-state index is 10.6. The molecule has 0 N–H and O–H groups in total. The predicted octanol–water partition coefficient (Wildman–Crippen LogP) is 3.79. The number of carbonyl (C=O) groups is 1. The summed E-state index contributed by atoms with van der Waals surface area (Å²) in [5.74, 6) is 0.689. The molecule has 82 valence electrons. The number of ether oxygens (including phenoxy) is 1. The molecule has 0 atom stereocenters. The van der Waals surface area contributed by atoms with Gasteiger partial charge in [-0.15, -0.1) is 11.3 Å². The molecule has 1 aromatic heterocycles. The van der Waals surface area contributed by atoms with Crippen molar-refractivity contribution in [2.45, 2.75) is 6.61 Å². The van der Waals surface area contributed by atoms with E-state index in [9.17, 15) is 4.79 Å². The van der Waals surface area contributed by atoms with E-state index in [4.69, 9.17) is 16.3 Å². The van der Waals surface area contributed by atoms with Crippen LogP contribution in [0, 0.1) is 0 Å². The number of hydrogen-bond donors (Lipinski definition) is 0. The molecule has 16 heavy (non-hydrogen) atoms. The third-order valence-electron chi connectivity index (χ3n) is 2.00. The van der Waals surface area contributed by atoms with Gasteiger partial charge in [-0.1, -0.05) is 23.7 Å². The van der Waals surface area contributed by atoms with E-state index in [2.05, 4.69) is 0 Å². The van der Waals surface area contributed by atoms with Gasteiger partial charge in [0.15, 0.2) is 0 Å². The zero-order chi connectivity index (χ0) is 11.4. The highest BCUT2D eigenvalue weighted by Crippen LogP contribution is 2.23. The first kappa shape index (κ1) is 11.2. The summed E-state index contributed by atoms with van der Waals surface area (Å²) in [7, 11) is 0. The Hall–Kier alpha value is -1.32. The lowest BCUT2D eigenvalue weighted by Crippen LogP contribution is -1.93. The number of benzene rings is 1. The van der Waals surface area contributed by atoms with E-state index < -0.39 is 0 Å². The average Bonchev–Trinajstić information content (AvgIpc) is 2.73. The van der Waals surface area contributed by atoms with E-state index in [0.29, 0.717) is 17.9 Å². The molecule has 0 amide bonds. The van der Waals surface area contributed by atoms with Gasteiger partial charge in [0, 0.05) is 10.4 Å². The number of thiophene rings is 1. The maximum Gasteiger partial charge on any atom is 0.150 e. The van der Waals surface area contributed by atoms with Crippen LogP contribution in [0.25, 0.3) is 0 Å². The molecule has 0 unspecified atom stereocenters. The molecule has 0 saturated heterocycles. The number of hydrogen-bond acceptors (Lipinski definition) is 3. The van der Waals surface area contributed by atoms with Gasteiger partial charge in [0.25, 0.3) is 0 Å². The van der Waals surface area contributed by atoms with Crippen molar-refractivity contribution in [3.8, 4) is 5.75 Å². The summed E-state index contributed by atoms with van der Waals surface area (Å²) in [6.07, 6.45) is 0.800. The van der Waals surface area contributed by atoms with Crippen LogP contribution in [0.15, 0.2) is 36.4 Å². The molecular weight excluding hydrogens is 244 g/mol. The van der Waals surface area contributed by atoms with Gasteiger partial charge in [0.05, 0.1) is 4.34 Å². The molecule has 0 aliphatic heterocycles. The van der Waals surface area contributed by atoms with Crippen molar-refractivity contribution in [3.05, 3.63) is 51.2 Å². The van der Waals surface area contributed by atoms with Gasteiger partial charge in [0.1, 0.15) is 18.6 Å². The van der Waals surface area contributed by atoms with Crippen LogP contribution in [-0.4, -0.2) is 6.29 Å². The van der Waals surface area contributed by atoms with E-state index in [1.54, 1.807) is 18.2 Å². The number of rotatable bonds is 4. The van der Waals surface area contributed by atoms with Crippen molar-refractivity contribution in [3.63, 3.8) is 0 Å². The van der Waals surface area contributed by atoms with Gasteiger partial charge in [-0.2, -0.15) is 0 Å². The molecule has 2 aromatic rings. The molecule has 0 fully saturated rings. The van der Waals surface area contributed by atoms with Gasteiger partial charge >= 0.3 is 0 Å². The van der Waals surface area contributed by atoms with Crippen LogP contribution in [0.3, 0.4) is 0 Å². The summed E-state index contributed by atoms with van der Waals surface area (Å²) in [4.78, 5) is 11.6. The lowest BCUT2D eigenvalue weighted by molar-refractivity contribution is 0.112. The highest BCUT2D eigenvalue weighted by Gasteiger charge is 2.00. The largest absolute Gasteiger partial charge is 0.488 e. The minimum absolute atomic E-state index is 0.472. The first-order valence-corrected chi connectivity index (χ1v) is 5.89. The second-order valence-corrected chi connectivity index (χ2v) is 4.98. The van der Waals surface area contributed by atoms with Crippen molar-refractivity contribution in [1.29, 1.82) is 0 Å². The fourth-order valence-corrected chi connectivity index (χ4v) is 2.26. The molecule has 1 aromatic carbocycles. The van der Waals surface area contributed by atoms with Crippen LogP contribution in [0.5, 0.6) is 5.75 Å². The normalized spacial score (nSPS) is 10.1. The molecule has 4 heteroatoms. The van der Waals surface area contributed by atoms with Crippen LogP contribution in [0.4, 0.5) is 0 Å². The molecule has 0 aliphatic carbocycles. The minimum atomic E-state index is 0.472. The van der Waals surface area contributed by atoms with Crippen molar-refractivity contribution in [2.24, 2.45) is 0 Å². The van der Waals surface area contributed by atoms with Crippen LogP contribution >= 0.6 is 22.9 Å². The smallest absolute Gasteiger partial charge is 0.150 e. The Balaban J connectivity index is 2.01. The Morgan fingerprint density at radius 2 is 2.19 bits per heavy atom. The molecule has 1 heterocycles. The lowest BCUT2D eigenvalue weighted by Gasteiger charge is -2.04. The molecule has 2 nitrogen and oxygen atoms in total. The van der Waals surface area contributed by atoms with Gasteiger partial charge in [0.2, 0.25) is 0 Å². The summed E-state index contributed by atoms with van der Waals surface area (Å²) in [5, 5.41) is 0. The summed E-state index contributed by atoms with van der Waals surface area (Å²) in [5.41, 5.74) is 0.613. The number of carbonyl (C=O) groups excluding carboxylic acids is 1. The Bertz CT molecular complexity index is 493. The fraction of sp³-hybridized carbons (Fsp3) is 0.0833. The quantitative estimate of drug-likeness (QED) is 0.774. The fourth-order valence-electron chi connectivity index (χ4n) is 1.26. The molecule has 0 spiro atoms. The van der Waals surface area contributed by atoms with E-state index in [1.165, 1.54) is 11.3 Å². The Morgan fingerprint density at radius 1 is 1.31 bits per heavy atom. The standard InChI is InChI=1S/C12H9ClO2S/c13-12-5-4-11(16-12)8-15-10-3-1-2-9(6-10)7-14/h1-7H,8H2. The van der Waals surface area contributed by atoms with E-state index in [0.717, 1.165) is 15.5 Å². The van der Waals surface area contributed by atoms with Gasteiger partial charge in [-0.25, -0.2) is 0 Å². The van der Waals surface area contributed by atoms with Crippen LogP contribution in [0.1, 0.15) is 15.2 Å². The third-order valence-corrected chi connectivity index (χ3v) is 3.21. The zero-order valence-electron chi connectivity index (χ0n) is 8.35. The Kier molecular flexibility index (Phi) is 3.59. The third kappa shape index (κ3) is 2.84. The SMILES string of the molecule is O=Cc1cccc(OCc2ccc(Cl)s2)c1. The van der Waals surface area contributed by atoms with Crippen LogP contribution in [0.2, 0.25) is 4.34 Å². The van der Waals surface area contributed by atoms with E-state index >= 15 is 0 Å². The maximum atomic E-state index is 10.6. The highest BCUT2D eigenvalue weighted by atomic mass is 35.5. The average molecular weight is 253 g/mol. The van der Waals surface area contributed by atoms with Gasteiger partial charge in [-0.05, 0) is 24.3 Å². The second-order valence-electron chi connectivity index (χ2n) is 3.18. The topological polar surface area (TPSA) is 26.3 Å². The molecule has 0 bridgehead atoms. The van der Waals surface area contributed by atoms with E-state index in [-0.39, 0.29) is 0 Å². The molecular formula is C12H9ClO2S. The molecule has 0 aliphatic rings. The predicted molar refractivity (Wildman–Crippen MR) is 65.5 cm³/mol. The second kappa shape index (κ2) is 5.14. The summed E-state index contributed by atoms with van der Waals surface area (Å²) >= 11 is 7.29. The summed E-state index contributed by atoms with van der Waals surface area (Å²) in [6.45, 7) is 0.472. The lowest BCUT2D eigenvalue weighted by atomic mass is 10.2. The van der Waals surface area contributed by atoms with Gasteiger partial charge < -0.3 is 4.74 Å². The minimum Gasteiger partial charge on any atom is -0.488 e. The Morgan fingerprint density at radius 3 is 2.88 bits per heavy atom. The van der Waals surface area contributed by atoms with Crippen molar-refractivity contribution in [2.75, 3.05) is 0 Å². The number of halogens is 1. The van der Waals surface area contributed by atoms with Crippen molar-refractivity contribution < 1.29 is 9.53 Å². The summed E-state index contributed by atoms with van der Waals surface area (Å²) in [6, 6.07) is 10.8. The van der Waals surface area contributed by atoms with Crippen LogP contribution < -0.4 is 4.74 Å². The molecule has 0 saturated carbocycles. The first-order chi connectivity index (χ1) is 7.78. The zero-order valence-corrected chi connectivity index (χ0v) is 9.92. The highest BCUT2D eigenvalue weighted by molar-refractivity contribution is 7.16. The van der Waals surface area contributed by atoms with E-state index in [1.807, 2.05) is 18.2 Å².